The second-order valence-corrected chi connectivity index (χ2v) is 5.72. The fourth-order valence-corrected chi connectivity index (χ4v) is 2.73. The summed E-state index contributed by atoms with van der Waals surface area (Å²) in [4.78, 5) is 12.4. The maximum Gasteiger partial charge on any atom is 0.266 e. The molecule has 0 bridgehead atoms. The first-order valence-electron chi connectivity index (χ1n) is 7.32. The lowest BCUT2D eigenvalue weighted by Crippen LogP contribution is -2.13. The fraction of sp³-hybridized carbons (Fsp3) is 0.0526. The lowest BCUT2D eigenvalue weighted by atomic mass is 10.1. The highest BCUT2D eigenvalue weighted by atomic mass is 35.5. The zero-order valence-electron chi connectivity index (χ0n) is 13.0. The molecule has 0 unspecified atom stereocenters. The third-order valence-electron chi connectivity index (χ3n) is 3.71. The Kier molecular flexibility index (Phi) is 4.37. The molecule has 1 amide bonds. The summed E-state index contributed by atoms with van der Waals surface area (Å²) in [7, 11) is 1.93. The van der Waals surface area contributed by atoms with Crippen LogP contribution in [0.4, 0.5) is 5.69 Å². The molecule has 0 spiro atoms. The van der Waals surface area contributed by atoms with Crippen molar-refractivity contribution in [2.45, 2.75) is 0 Å². The van der Waals surface area contributed by atoms with Gasteiger partial charge in [0.1, 0.15) is 11.6 Å². The molecule has 0 saturated carbocycles. The average molecular weight is 336 g/mol. The van der Waals surface area contributed by atoms with Crippen molar-refractivity contribution in [3.05, 3.63) is 70.9 Å². The summed E-state index contributed by atoms with van der Waals surface area (Å²) in [5, 5.41) is 13.4. The fourth-order valence-electron chi connectivity index (χ4n) is 2.54. The Morgan fingerprint density at radius 1 is 1.21 bits per heavy atom. The normalized spacial score (nSPS) is 11.3. The van der Waals surface area contributed by atoms with Crippen LogP contribution in [0.3, 0.4) is 0 Å². The van der Waals surface area contributed by atoms with E-state index in [9.17, 15) is 10.1 Å². The van der Waals surface area contributed by atoms with Gasteiger partial charge in [-0.2, -0.15) is 5.26 Å². The first-order valence-corrected chi connectivity index (χ1v) is 7.69. The smallest absolute Gasteiger partial charge is 0.266 e. The van der Waals surface area contributed by atoms with Gasteiger partial charge in [0, 0.05) is 29.7 Å². The number of nitriles is 1. The molecule has 1 N–H and O–H groups in total. The zero-order valence-corrected chi connectivity index (χ0v) is 13.7. The molecule has 118 valence electrons. The molecule has 24 heavy (non-hydrogen) atoms. The number of carbonyl (C=O) groups excluding carboxylic acids is 1. The molecule has 1 aromatic heterocycles. The van der Waals surface area contributed by atoms with E-state index in [0.29, 0.717) is 10.7 Å². The molecular formula is C19H14ClN3O. The Bertz CT molecular complexity index is 995. The molecule has 0 aliphatic carbocycles. The number of carbonyl (C=O) groups is 1. The number of anilines is 1. The number of nitrogens with zero attached hydrogens (tertiary/aromatic N) is 2. The Morgan fingerprint density at radius 2 is 1.92 bits per heavy atom. The number of nitrogens with one attached hydrogen (secondary N) is 1. The maximum atomic E-state index is 12.4. The first-order chi connectivity index (χ1) is 11.6. The molecule has 3 rings (SSSR count). The van der Waals surface area contributed by atoms with Crippen LogP contribution in [0.5, 0.6) is 0 Å². The van der Waals surface area contributed by atoms with Crippen LogP contribution in [0.25, 0.3) is 17.0 Å². The number of aromatic nitrogens is 1. The Morgan fingerprint density at radius 3 is 2.67 bits per heavy atom. The second kappa shape index (κ2) is 6.61. The third kappa shape index (κ3) is 3.03. The quantitative estimate of drug-likeness (QED) is 0.570. The maximum absolute atomic E-state index is 12.4. The molecule has 0 saturated heterocycles. The van der Waals surface area contributed by atoms with Gasteiger partial charge in [0.2, 0.25) is 0 Å². The van der Waals surface area contributed by atoms with Crippen molar-refractivity contribution in [1.29, 1.82) is 5.26 Å². The van der Waals surface area contributed by atoms with Crippen LogP contribution in [0.2, 0.25) is 5.02 Å². The molecule has 0 radical (unpaired) electrons. The number of hydrogen-bond donors (Lipinski definition) is 1. The van der Waals surface area contributed by atoms with Crippen molar-refractivity contribution in [2.75, 3.05) is 5.32 Å². The van der Waals surface area contributed by atoms with E-state index in [2.05, 4.69) is 5.32 Å². The monoisotopic (exact) mass is 335 g/mol. The van der Waals surface area contributed by atoms with Crippen molar-refractivity contribution in [2.24, 2.45) is 7.05 Å². The van der Waals surface area contributed by atoms with Crippen molar-refractivity contribution >= 4 is 40.2 Å². The van der Waals surface area contributed by atoms with Gasteiger partial charge in [-0.1, -0.05) is 41.9 Å². The highest BCUT2D eigenvalue weighted by molar-refractivity contribution is 6.34. The van der Waals surface area contributed by atoms with E-state index in [-0.39, 0.29) is 5.57 Å². The number of benzene rings is 2. The Balaban J connectivity index is 1.96. The minimum Gasteiger partial charge on any atom is -0.350 e. The third-order valence-corrected chi connectivity index (χ3v) is 4.04. The highest BCUT2D eigenvalue weighted by Crippen LogP contribution is 2.24. The van der Waals surface area contributed by atoms with Crippen LogP contribution in [0, 0.1) is 11.3 Å². The minimum atomic E-state index is -0.487. The van der Waals surface area contributed by atoms with Crippen LogP contribution in [0.1, 0.15) is 5.56 Å². The van der Waals surface area contributed by atoms with Crippen molar-refractivity contribution in [1.82, 2.24) is 4.57 Å². The lowest BCUT2D eigenvalue weighted by molar-refractivity contribution is -0.112. The van der Waals surface area contributed by atoms with E-state index < -0.39 is 5.91 Å². The summed E-state index contributed by atoms with van der Waals surface area (Å²) in [6, 6.07) is 16.7. The van der Waals surface area contributed by atoms with Crippen molar-refractivity contribution in [3.63, 3.8) is 0 Å². The minimum absolute atomic E-state index is 0.0197. The van der Waals surface area contributed by atoms with E-state index >= 15 is 0 Å². The van der Waals surface area contributed by atoms with Gasteiger partial charge in [-0.15, -0.1) is 0 Å². The Hall–Kier alpha value is -3.03. The molecule has 1 heterocycles. The predicted octanol–water partition coefficient (Wildman–Crippen LogP) is 4.38. The second-order valence-electron chi connectivity index (χ2n) is 5.32. The number of aryl methyl sites for hydroxylation is 1. The summed E-state index contributed by atoms with van der Waals surface area (Å²) in [5.74, 6) is -0.487. The molecule has 5 heteroatoms. The SMILES string of the molecule is Cn1cc(C=C(C#N)C(=O)Nc2ccccc2Cl)c2ccccc21. The summed E-state index contributed by atoms with van der Waals surface area (Å²) in [6.45, 7) is 0. The van der Waals surface area contributed by atoms with E-state index in [4.69, 9.17) is 11.6 Å². The number of amides is 1. The van der Waals surface area contributed by atoms with Gasteiger partial charge in [0.25, 0.3) is 5.91 Å². The molecule has 2 aromatic carbocycles. The zero-order chi connectivity index (χ0) is 17.1. The topological polar surface area (TPSA) is 57.8 Å². The summed E-state index contributed by atoms with van der Waals surface area (Å²) < 4.78 is 1.96. The molecule has 0 aliphatic rings. The van der Waals surface area contributed by atoms with E-state index in [1.165, 1.54) is 0 Å². The van der Waals surface area contributed by atoms with Crippen molar-refractivity contribution < 1.29 is 4.79 Å². The van der Waals surface area contributed by atoms with Gasteiger partial charge in [-0.25, -0.2) is 0 Å². The van der Waals surface area contributed by atoms with Gasteiger partial charge in [-0.3, -0.25) is 4.79 Å². The predicted molar refractivity (Wildman–Crippen MR) is 96.6 cm³/mol. The largest absolute Gasteiger partial charge is 0.350 e. The van der Waals surface area contributed by atoms with Gasteiger partial charge >= 0.3 is 0 Å². The number of para-hydroxylation sites is 2. The molecular weight excluding hydrogens is 322 g/mol. The first kappa shape index (κ1) is 15.9. The number of halogens is 1. The number of rotatable bonds is 3. The van der Waals surface area contributed by atoms with Crippen LogP contribution in [0.15, 0.2) is 60.3 Å². The van der Waals surface area contributed by atoms with Crippen LogP contribution in [-0.2, 0) is 11.8 Å². The van der Waals surface area contributed by atoms with Crippen LogP contribution < -0.4 is 5.32 Å². The molecule has 0 aliphatic heterocycles. The molecule has 4 nitrogen and oxygen atoms in total. The van der Waals surface area contributed by atoms with Crippen LogP contribution >= 0.6 is 11.6 Å². The molecule has 0 fully saturated rings. The Labute approximate surface area is 144 Å². The van der Waals surface area contributed by atoms with Gasteiger partial charge in [0.05, 0.1) is 10.7 Å². The number of fused-ring (bicyclic) bond motifs is 1. The van der Waals surface area contributed by atoms with Gasteiger partial charge in [0.15, 0.2) is 0 Å². The summed E-state index contributed by atoms with van der Waals surface area (Å²) in [5.41, 5.74) is 2.35. The molecule has 3 aromatic rings. The van der Waals surface area contributed by atoms with E-state index in [1.807, 2.05) is 48.1 Å². The molecule has 0 atom stereocenters. The standard InChI is InChI=1S/C19H14ClN3O/c1-23-12-14(15-6-2-5-9-18(15)23)10-13(11-21)19(24)22-17-8-4-3-7-16(17)20/h2-10,12H,1H3,(H,22,24). The van der Waals surface area contributed by atoms with E-state index in [1.54, 1.807) is 30.3 Å². The van der Waals surface area contributed by atoms with Crippen molar-refractivity contribution in [3.8, 4) is 6.07 Å². The van der Waals surface area contributed by atoms with E-state index in [0.717, 1.165) is 16.5 Å². The average Bonchev–Trinajstić information content (AvgIpc) is 2.91. The summed E-state index contributed by atoms with van der Waals surface area (Å²) >= 11 is 6.04. The lowest BCUT2D eigenvalue weighted by Gasteiger charge is -2.05. The highest BCUT2D eigenvalue weighted by Gasteiger charge is 2.13. The number of hydrogen-bond acceptors (Lipinski definition) is 2. The van der Waals surface area contributed by atoms with Gasteiger partial charge < -0.3 is 9.88 Å². The van der Waals surface area contributed by atoms with Crippen LogP contribution in [-0.4, -0.2) is 10.5 Å². The van der Waals surface area contributed by atoms with Gasteiger partial charge in [-0.05, 0) is 24.3 Å². The summed E-state index contributed by atoms with van der Waals surface area (Å²) in [6.07, 6.45) is 3.49.